The number of likely N-dealkylation sites (N-methyl/N-ethyl adjacent to an activating group) is 1. The normalized spacial score (nSPS) is 19.4. The highest BCUT2D eigenvalue weighted by molar-refractivity contribution is 7.19. The largest absolute Gasteiger partial charge is 0.357 e. The number of anilines is 2. The molecule has 3 aromatic heterocycles. The molecule has 0 bridgehead atoms. The average molecular weight is 381 g/mol. The first-order chi connectivity index (χ1) is 13.3. The van der Waals surface area contributed by atoms with Gasteiger partial charge in [-0.2, -0.15) is 5.10 Å². The highest BCUT2D eigenvalue weighted by atomic mass is 32.1. The van der Waals surface area contributed by atoms with Gasteiger partial charge in [-0.05, 0) is 56.2 Å². The van der Waals surface area contributed by atoms with Crippen molar-refractivity contribution < 1.29 is 0 Å². The van der Waals surface area contributed by atoms with Crippen LogP contribution in [0.25, 0.3) is 10.2 Å². The van der Waals surface area contributed by atoms with Crippen molar-refractivity contribution in [2.75, 3.05) is 29.9 Å². The first-order valence-corrected chi connectivity index (χ1v) is 10.6. The molecule has 0 aromatic carbocycles. The Kier molecular flexibility index (Phi) is 4.39. The Morgan fingerprint density at radius 1 is 1.22 bits per heavy atom. The van der Waals surface area contributed by atoms with Crippen LogP contribution in [-0.4, -0.2) is 46.3 Å². The number of thiophene rings is 1. The smallest absolute Gasteiger partial charge is 0.151 e. The van der Waals surface area contributed by atoms with Crippen molar-refractivity contribution in [1.82, 2.24) is 20.2 Å². The molecule has 5 rings (SSSR count). The van der Waals surface area contributed by atoms with Gasteiger partial charge >= 0.3 is 0 Å². The standard InChI is InChI=1S/C20H24N6S/c1-25(12-14-6-5-11-26(14)17-9-4-10-23-24-17)19-18-15-7-2-3-8-16(15)27-20(18)22-13-21-19/h4,9-10,13-14H,2-3,5-8,11-12H2,1H3. The summed E-state index contributed by atoms with van der Waals surface area (Å²) in [5, 5.41) is 9.68. The summed E-state index contributed by atoms with van der Waals surface area (Å²) in [5.74, 6) is 2.07. The van der Waals surface area contributed by atoms with Gasteiger partial charge in [0.05, 0.1) is 5.39 Å². The highest BCUT2D eigenvalue weighted by Gasteiger charge is 2.28. The Morgan fingerprint density at radius 3 is 3.04 bits per heavy atom. The van der Waals surface area contributed by atoms with Crippen molar-refractivity contribution >= 4 is 33.2 Å². The van der Waals surface area contributed by atoms with Gasteiger partial charge in [0.2, 0.25) is 0 Å². The van der Waals surface area contributed by atoms with Crippen LogP contribution in [0.2, 0.25) is 0 Å². The number of fused-ring (bicyclic) bond motifs is 3. The molecule has 27 heavy (non-hydrogen) atoms. The van der Waals surface area contributed by atoms with Gasteiger partial charge in [0, 0.05) is 37.3 Å². The van der Waals surface area contributed by atoms with Gasteiger partial charge in [0.25, 0.3) is 0 Å². The lowest BCUT2D eigenvalue weighted by molar-refractivity contribution is 0.644. The van der Waals surface area contributed by atoms with E-state index in [4.69, 9.17) is 4.98 Å². The molecule has 4 heterocycles. The molecule has 2 aliphatic rings. The topological polar surface area (TPSA) is 58.0 Å². The molecule has 140 valence electrons. The summed E-state index contributed by atoms with van der Waals surface area (Å²) in [7, 11) is 2.17. The molecule has 6 nitrogen and oxygen atoms in total. The third-order valence-electron chi connectivity index (χ3n) is 5.81. The molecule has 0 radical (unpaired) electrons. The molecule has 3 aromatic rings. The van der Waals surface area contributed by atoms with Crippen LogP contribution >= 0.6 is 11.3 Å². The van der Waals surface area contributed by atoms with Crippen molar-refractivity contribution in [2.45, 2.75) is 44.6 Å². The molecule has 1 aliphatic heterocycles. The van der Waals surface area contributed by atoms with Crippen molar-refractivity contribution in [2.24, 2.45) is 0 Å². The van der Waals surface area contributed by atoms with Gasteiger partial charge in [0.1, 0.15) is 17.0 Å². The molecule has 0 saturated carbocycles. The van der Waals surface area contributed by atoms with Gasteiger partial charge < -0.3 is 9.80 Å². The lowest BCUT2D eigenvalue weighted by Gasteiger charge is -2.30. The molecule has 1 atom stereocenters. The summed E-state index contributed by atoms with van der Waals surface area (Å²) in [6.07, 6.45) is 10.8. The molecule has 0 N–H and O–H groups in total. The van der Waals surface area contributed by atoms with E-state index in [2.05, 4.69) is 38.1 Å². The van der Waals surface area contributed by atoms with Crippen LogP contribution in [-0.2, 0) is 12.8 Å². The van der Waals surface area contributed by atoms with Gasteiger partial charge in [0.15, 0.2) is 5.82 Å². The summed E-state index contributed by atoms with van der Waals surface area (Å²) in [5.41, 5.74) is 1.50. The van der Waals surface area contributed by atoms with Crippen LogP contribution in [0.5, 0.6) is 0 Å². The third-order valence-corrected chi connectivity index (χ3v) is 7.01. The zero-order chi connectivity index (χ0) is 18.2. The lowest BCUT2D eigenvalue weighted by atomic mass is 9.97. The Labute approximate surface area is 163 Å². The Balaban J connectivity index is 1.44. The molecule has 1 fully saturated rings. The number of aromatic nitrogens is 4. The molecule has 0 spiro atoms. The van der Waals surface area contributed by atoms with E-state index in [9.17, 15) is 0 Å². The molecular weight excluding hydrogens is 356 g/mol. The predicted molar refractivity (Wildman–Crippen MR) is 110 cm³/mol. The fourth-order valence-electron chi connectivity index (χ4n) is 4.54. The summed E-state index contributed by atoms with van der Waals surface area (Å²) < 4.78 is 0. The van der Waals surface area contributed by atoms with E-state index >= 15 is 0 Å². The summed E-state index contributed by atoms with van der Waals surface area (Å²) in [6, 6.07) is 4.46. The second-order valence-corrected chi connectivity index (χ2v) is 8.62. The van der Waals surface area contributed by atoms with Crippen molar-refractivity contribution in [3.8, 4) is 0 Å². The quantitative estimate of drug-likeness (QED) is 0.691. The molecule has 7 heteroatoms. The zero-order valence-electron chi connectivity index (χ0n) is 15.6. The molecule has 0 amide bonds. The van der Waals surface area contributed by atoms with Crippen molar-refractivity contribution in [1.29, 1.82) is 0 Å². The molecule has 1 aliphatic carbocycles. The fraction of sp³-hybridized carbons (Fsp3) is 0.500. The van der Waals surface area contributed by atoms with E-state index in [1.165, 1.54) is 54.4 Å². The van der Waals surface area contributed by atoms with Gasteiger partial charge in [-0.15, -0.1) is 16.4 Å². The maximum atomic E-state index is 4.70. The Morgan fingerprint density at radius 2 is 2.15 bits per heavy atom. The minimum absolute atomic E-state index is 0.436. The maximum absolute atomic E-state index is 4.70. The van der Waals surface area contributed by atoms with Crippen LogP contribution < -0.4 is 9.80 Å². The van der Waals surface area contributed by atoms with Crippen LogP contribution in [0, 0.1) is 0 Å². The summed E-state index contributed by atoms with van der Waals surface area (Å²) in [6.45, 7) is 1.98. The van der Waals surface area contributed by atoms with Crippen LogP contribution in [0.1, 0.15) is 36.1 Å². The second-order valence-electron chi connectivity index (χ2n) is 7.54. The Bertz CT molecular complexity index is 940. The Hall–Kier alpha value is -2.28. The van der Waals surface area contributed by atoms with Gasteiger partial charge in [-0.25, -0.2) is 9.97 Å². The number of hydrogen-bond acceptors (Lipinski definition) is 7. The number of rotatable bonds is 4. The van der Waals surface area contributed by atoms with Crippen molar-refractivity contribution in [3.63, 3.8) is 0 Å². The fourth-order valence-corrected chi connectivity index (χ4v) is 5.76. The van der Waals surface area contributed by atoms with Crippen LogP contribution in [0.4, 0.5) is 11.6 Å². The minimum atomic E-state index is 0.436. The van der Waals surface area contributed by atoms with E-state index < -0.39 is 0 Å². The zero-order valence-corrected chi connectivity index (χ0v) is 16.5. The summed E-state index contributed by atoms with van der Waals surface area (Å²) in [4.78, 5) is 16.7. The van der Waals surface area contributed by atoms with Crippen LogP contribution in [0.15, 0.2) is 24.7 Å². The van der Waals surface area contributed by atoms with Crippen molar-refractivity contribution in [3.05, 3.63) is 35.1 Å². The second kappa shape index (κ2) is 7.03. The van der Waals surface area contributed by atoms with E-state index in [1.54, 1.807) is 12.5 Å². The minimum Gasteiger partial charge on any atom is -0.357 e. The third kappa shape index (κ3) is 3.04. The van der Waals surface area contributed by atoms with E-state index in [0.29, 0.717) is 6.04 Å². The highest BCUT2D eigenvalue weighted by Crippen LogP contribution is 2.39. The lowest BCUT2D eigenvalue weighted by Crippen LogP contribution is -2.39. The summed E-state index contributed by atoms with van der Waals surface area (Å²) >= 11 is 1.86. The molecule has 1 saturated heterocycles. The number of hydrogen-bond donors (Lipinski definition) is 0. The number of nitrogens with zero attached hydrogens (tertiary/aromatic N) is 6. The average Bonchev–Trinajstić information content (AvgIpc) is 3.32. The van der Waals surface area contributed by atoms with Gasteiger partial charge in [-0.3, -0.25) is 0 Å². The molecular formula is C20H24N6S. The van der Waals surface area contributed by atoms with Gasteiger partial charge in [-0.1, -0.05) is 0 Å². The van der Waals surface area contributed by atoms with Crippen LogP contribution in [0.3, 0.4) is 0 Å². The SMILES string of the molecule is CN(CC1CCCN1c1cccnn1)c1ncnc2sc3c(c12)CCCC3. The first kappa shape index (κ1) is 16.9. The molecule has 1 unspecified atom stereocenters. The monoisotopic (exact) mass is 380 g/mol. The first-order valence-electron chi connectivity index (χ1n) is 9.82. The maximum Gasteiger partial charge on any atom is 0.151 e. The predicted octanol–water partition coefficient (Wildman–Crippen LogP) is 3.47. The van der Waals surface area contributed by atoms with E-state index in [-0.39, 0.29) is 0 Å². The number of aryl methyl sites for hydroxylation is 2. The van der Waals surface area contributed by atoms with E-state index in [0.717, 1.165) is 29.6 Å². The van der Waals surface area contributed by atoms with E-state index in [1.807, 2.05) is 17.4 Å².